The largest absolute Gasteiger partial charge is 0.490 e. The Bertz CT molecular complexity index is 2370. The molecule has 5 aromatic rings. The Kier molecular flexibility index (Phi) is 10.4. The van der Waals surface area contributed by atoms with Gasteiger partial charge in [-0.2, -0.15) is 5.26 Å². The summed E-state index contributed by atoms with van der Waals surface area (Å²) in [6.45, 7) is 8.45. The van der Waals surface area contributed by atoms with Gasteiger partial charge in [-0.05, 0) is 101 Å². The molecule has 3 aromatic heterocycles. The summed E-state index contributed by atoms with van der Waals surface area (Å²) >= 11 is 7.92. The lowest BCUT2D eigenvalue weighted by Crippen LogP contribution is -2.40. The van der Waals surface area contributed by atoms with Crippen LogP contribution >= 0.6 is 22.9 Å². The maximum absolute atomic E-state index is 13.0. The summed E-state index contributed by atoms with van der Waals surface area (Å²) in [5.74, 6) is 10.2. The smallest absolute Gasteiger partial charge is 0.272 e. The fraction of sp³-hybridized carbons (Fsp3) is 0.357. The number of thiophene rings is 1. The second-order valence-electron chi connectivity index (χ2n) is 14.3. The van der Waals surface area contributed by atoms with E-state index in [0.29, 0.717) is 34.5 Å². The van der Waals surface area contributed by atoms with E-state index in [4.69, 9.17) is 26.6 Å². The first-order valence-corrected chi connectivity index (χ1v) is 19.9. The number of ether oxygens (including phenoxy) is 1. The number of nitrogens with one attached hydrogen (secondary N) is 1. The number of nitrogens with zero attached hydrogens (tertiary/aromatic N) is 8. The molecule has 0 unspecified atom stereocenters. The van der Waals surface area contributed by atoms with E-state index in [1.807, 2.05) is 13.0 Å². The van der Waals surface area contributed by atoms with Gasteiger partial charge in [-0.25, -0.2) is 0 Å². The number of nitriles is 1. The minimum absolute atomic E-state index is 0.0330. The van der Waals surface area contributed by atoms with Crippen molar-refractivity contribution in [3.63, 3.8) is 0 Å². The van der Waals surface area contributed by atoms with E-state index in [1.54, 1.807) is 35.6 Å². The van der Waals surface area contributed by atoms with Crippen LogP contribution in [0.15, 0.2) is 59.6 Å². The van der Waals surface area contributed by atoms with E-state index in [0.717, 1.165) is 96.5 Å². The molecule has 11 nitrogen and oxygen atoms in total. The van der Waals surface area contributed by atoms with Crippen molar-refractivity contribution in [1.29, 1.82) is 5.26 Å². The van der Waals surface area contributed by atoms with Gasteiger partial charge in [-0.3, -0.25) is 14.4 Å². The minimum atomic E-state index is -0.215. The van der Waals surface area contributed by atoms with Gasteiger partial charge in [0, 0.05) is 52.7 Å². The minimum Gasteiger partial charge on any atom is -0.490 e. The summed E-state index contributed by atoms with van der Waals surface area (Å²) in [7, 11) is 0. The van der Waals surface area contributed by atoms with Crippen LogP contribution in [0, 0.1) is 49.9 Å². The van der Waals surface area contributed by atoms with Gasteiger partial charge in [-0.15, -0.1) is 31.7 Å². The molecule has 0 bridgehead atoms. The SMILES string of the molecule is Cc1sc2c(c1C)C(c1ccc(C#CC3CCN(c4ccc(C(=O)NC5CCC(Oc6ccc(C#N)c(Cl)c6)CC5)nn4)CC3)cc1)=NCc1nnc(C)n1-2. The summed E-state index contributed by atoms with van der Waals surface area (Å²) in [6.07, 6.45) is 5.10. The molecule has 2 aromatic carbocycles. The molecule has 0 radical (unpaired) electrons. The highest BCUT2D eigenvalue weighted by atomic mass is 35.5. The number of rotatable bonds is 6. The first kappa shape index (κ1) is 36.4. The van der Waals surface area contributed by atoms with E-state index in [2.05, 4.69) is 91.2 Å². The third-order valence-electron chi connectivity index (χ3n) is 10.7. The summed E-state index contributed by atoms with van der Waals surface area (Å²) in [5, 5.41) is 31.1. The lowest BCUT2D eigenvalue weighted by Gasteiger charge is -2.30. The highest BCUT2D eigenvalue weighted by molar-refractivity contribution is 7.15. The number of aryl methyl sites for hydroxylation is 2. The van der Waals surface area contributed by atoms with Crippen molar-refractivity contribution < 1.29 is 9.53 Å². The van der Waals surface area contributed by atoms with Crippen LogP contribution in [-0.4, -0.2) is 61.8 Å². The average molecular weight is 770 g/mol. The Balaban J connectivity index is 0.814. The Hall–Kier alpha value is -5.56. The summed E-state index contributed by atoms with van der Waals surface area (Å²) < 4.78 is 8.23. The number of fused-ring (bicyclic) bond motifs is 3. The van der Waals surface area contributed by atoms with Crippen molar-refractivity contribution >= 4 is 40.4 Å². The Morgan fingerprint density at radius 1 is 0.945 bits per heavy atom. The van der Waals surface area contributed by atoms with Crippen LogP contribution in [-0.2, 0) is 6.54 Å². The quantitative estimate of drug-likeness (QED) is 0.178. The fourth-order valence-corrected chi connectivity index (χ4v) is 8.92. The first-order chi connectivity index (χ1) is 26.7. The number of benzene rings is 2. The molecule has 1 N–H and O–H groups in total. The van der Waals surface area contributed by atoms with Crippen LogP contribution in [0.25, 0.3) is 5.00 Å². The predicted molar refractivity (Wildman–Crippen MR) is 213 cm³/mol. The molecule has 1 saturated carbocycles. The number of anilines is 1. The predicted octanol–water partition coefficient (Wildman–Crippen LogP) is 7.31. The normalized spacial score (nSPS) is 18.2. The fourth-order valence-electron chi connectivity index (χ4n) is 7.48. The molecule has 0 spiro atoms. The molecule has 2 fully saturated rings. The second kappa shape index (κ2) is 15.7. The van der Waals surface area contributed by atoms with E-state index in [-0.39, 0.29) is 18.1 Å². The molecular formula is C42H40ClN9O2S. The van der Waals surface area contributed by atoms with Gasteiger partial charge >= 0.3 is 0 Å². The monoisotopic (exact) mass is 769 g/mol. The number of carbonyl (C=O) groups is 1. The van der Waals surface area contributed by atoms with Crippen molar-refractivity contribution in [3.8, 4) is 28.7 Å². The number of amides is 1. The molecule has 5 heterocycles. The maximum atomic E-state index is 13.0. The average Bonchev–Trinajstić information content (AvgIpc) is 3.66. The maximum Gasteiger partial charge on any atom is 0.272 e. The van der Waals surface area contributed by atoms with Crippen molar-refractivity contribution in [1.82, 2.24) is 30.3 Å². The molecule has 1 saturated heterocycles. The van der Waals surface area contributed by atoms with Gasteiger partial charge in [0.1, 0.15) is 29.2 Å². The number of aromatic nitrogens is 5. The Morgan fingerprint density at radius 2 is 1.73 bits per heavy atom. The lowest BCUT2D eigenvalue weighted by atomic mass is 9.93. The standard InChI is InChI=1S/C42H40ClN9O2S/c1-25-26(2)55-42-39(25)40(45-24-38-50-47-27(3)52(38)42)30-8-6-28(7-9-30)4-5-29-18-20-51(21-19-29)37-17-16-36(48-49-37)41(53)46-32-11-14-33(15-12-32)54-34-13-10-31(23-44)35(43)22-34/h6-10,13,16-17,22,29,32-33H,11-12,14-15,18-21,24H2,1-3H3,(H,46,53). The van der Waals surface area contributed by atoms with Gasteiger partial charge in [-0.1, -0.05) is 35.6 Å². The molecule has 3 aliphatic rings. The summed E-state index contributed by atoms with van der Waals surface area (Å²) in [5.41, 5.74) is 6.19. The van der Waals surface area contributed by atoms with Crippen LogP contribution in [0.4, 0.5) is 5.82 Å². The molecule has 1 aliphatic carbocycles. The van der Waals surface area contributed by atoms with Crippen LogP contribution < -0.4 is 15.0 Å². The van der Waals surface area contributed by atoms with E-state index >= 15 is 0 Å². The van der Waals surface area contributed by atoms with Crippen LogP contribution in [0.1, 0.15) is 93.4 Å². The third kappa shape index (κ3) is 7.71. The van der Waals surface area contributed by atoms with Crippen LogP contribution in [0.5, 0.6) is 5.75 Å². The molecular weight excluding hydrogens is 730 g/mol. The van der Waals surface area contributed by atoms with Crippen molar-refractivity contribution in [2.45, 2.75) is 78.0 Å². The number of hydrogen-bond acceptors (Lipinski definition) is 10. The number of aliphatic imine (C=N–C) groups is 1. The molecule has 8 rings (SSSR count). The topological polar surface area (TPSA) is 134 Å². The van der Waals surface area contributed by atoms with Gasteiger partial charge in [0.2, 0.25) is 0 Å². The zero-order chi connectivity index (χ0) is 38.1. The molecule has 1 amide bonds. The van der Waals surface area contributed by atoms with E-state index < -0.39 is 0 Å². The van der Waals surface area contributed by atoms with Gasteiger partial charge < -0.3 is 15.0 Å². The van der Waals surface area contributed by atoms with Crippen molar-refractivity contribution in [2.24, 2.45) is 10.9 Å². The number of hydrogen-bond donors (Lipinski definition) is 1. The summed E-state index contributed by atoms with van der Waals surface area (Å²) in [6, 6.07) is 19.3. The van der Waals surface area contributed by atoms with Gasteiger partial charge in [0.25, 0.3) is 5.91 Å². The van der Waals surface area contributed by atoms with E-state index in [1.165, 1.54) is 10.4 Å². The van der Waals surface area contributed by atoms with Gasteiger partial charge in [0.05, 0.1) is 22.4 Å². The lowest BCUT2D eigenvalue weighted by molar-refractivity contribution is 0.0888. The molecule has 278 valence electrons. The highest BCUT2D eigenvalue weighted by Gasteiger charge is 2.28. The van der Waals surface area contributed by atoms with Crippen molar-refractivity contribution in [3.05, 3.63) is 110 Å². The zero-order valence-electron chi connectivity index (χ0n) is 31.0. The molecule has 13 heteroatoms. The second-order valence-corrected chi connectivity index (χ2v) is 15.9. The third-order valence-corrected chi connectivity index (χ3v) is 12.2. The van der Waals surface area contributed by atoms with Crippen LogP contribution in [0.3, 0.4) is 0 Å². The van der Waals surface area contributed by atoms with Crippen molar-refractivity contribution in [2.75, 3.05) is 18.0 Å². The number of halogens is 1. The first-order valence-electron chi connectivity index (χ1n) is 18.7. The summed E-state index contributed by atoms with van der Waals surface area (Å²) in [4.78, 5) is 21.5. The zero-order valence-corrected chi connectivity index (χ0v) is 32.5. The number of carbonyl (C=O) groups excluding carboxylic acids is 1. The Morgan fingerprint density at radius 3 is 2.44 bits per heavy atom. The van der Waals surface area contributed by atoms with E-state index in [9.17, 15) is 4.79 Å². The molecule has 0 atom stereocenters. The molecule has 55 heavy (non-hydrogen) atoms. The highest BCUT2D eigenvalue weighted by Crippen LogP contribution is 2.36. The van der Waals surface area contributed by atoms with Gasteiger partial charge in [0.15, 0.2) is 17.3 Å². The van der Waals surface area contributed by atoms with Crippen LogP contribution in [0.2, 0.25) is 5.02 Å². The Labute approximate surface area is 329 Å². The molecule has 2 aliphatic heterocycles. The number of piperidine rings is 1.